The van der Waals surface area contributed by atoms with Crippen molar-refractivity contribution in [2.75, 3.05) is 0 Å². The first-order chi connectivity index (χ1) is 6.58. The Hall–Kier alpha value is 0.620. The Bertz CT molecular complexity index is 306. The summed E-state index contributed by atoms with van der Waals surface area (Å²) in [5.41, 5.74) is 0. The van der Waals surface area contributed by atoms with Crippen molar-refractivity contribution in [2.45, 2.75) is 27.7 Å². The molecular weight excluding hydrogens is 248 g/mol. The van der Waals surface area contributed by atoms with Crippen LogP contribution in [-0.4, -0.2) is 0 Å². The van der Waals surface area contributed by atoms with Gasteiger partial charge in [-0.05, 0) is 47.3 Å². The van der Waals surface area contributed by atoms with Gasteiger partial charge in [-0.2, -0.15) is 0 Å². The summed E-state index contributed by atoms with van der Waals surface area (Å²) in [4.78, 5) is 5.84. The second-order valence-electron chi connectivity index (χ2n) is 3.21. The molecule has 76 valence electrons. The highest BCUT2D eigenvalue weighted by molar-refractivity contribution is 8.34. The zero-order valence-electron chi connectivity index (χ0n) is 8.63. The van der Waals surface area contributed by atoms with Crippen LogP contribution in [0.25, 0.3) is 0 Å². The van der Waals surface area contributed by atoms with E-state index in [0.29, 0.717) is 0 Å². The Morgan fingerprint density at radius 2 is 0.714 bits per heavy atom. The summed E-state index contributed by atoms with van der Waals surface area (Å²) < 4.78 is 2.96. The lowest BCUT2D eigenvalue weighted by atomic mass is 10.6. The van der Waals surface area contributed by atoms with Crippen LogP contribution in [0.3, 0.4) is 0 Å². The summed E-state index contributed by atoms with van der Waals surface area (Å²) in [6.07, 6.45) is 0. The molecule has 0 spiro atoms. The molecule has 0 amide bonds. The van der Waals surface area contributed by atoms with Crippen molar-refractivity contribution in [3.8, 4) is 0 Å². The fourth-order valence-corrected chi connectivity index (χ4v) is 6.41. The van der Waals surface area contributed by atoms with Gasteiger partial charge in [0, 0.05) is 0 Å². The highest BCUT2D eigenvalue weighted by atomic mass is 32.2. The standard InChI is InChI=1S/C10H12S4/c1-5-6(2)12-9(11-5)10-13-7(3)8(4)14-10/h1-4H3. The van der Waals surface area contributed by atoms with E-state index >= 15 is 0 Å². The maximum atomic E-state index is 2.21. The third-order valence-electron chi connectivity index (χ3n) is 2.14. The van der Waals surface area contributed by atoms with Crippen LogP contribution < -0.4 is 0 Å². The second kappa shape index (κ2) is 4.24. The molecule has 4 heteroatoms. The highest BCUT2D eigenvalue weighted by Gasteiger charge is 2.23. The van der Waals surface area contributed by atoms with Crippen LogP contribution in [0.4, 0.5) is 0 Å². The van der Waals surface area contributed by atoms with Gasteiger partial charge in [-0.3, -0.25) is 0 Å². The van der Waals surface area contributed by atoms with Crippen LogP contribution in [0, 0.1) is 0 Å². The van der Waals surface area contributed by atoms with Crippen molar-refractivity contribution in [3.05, 3.63) is 28.1 Å². The molecule has 0 radical (unpaired) electrons. The fraction of sp³-hybridized carbons (Fsp3) is 0.400. The molecule has 0 fully saturated rings. The minimum atomic E-state index is 1.46. The van der Waals surface area contributed by atoms with Crippen molar-refractivity contribution in [1.29, 1.82) is 0 Å². The quantitative estimate of drug-likeness (QED) is 0.557. The molecule has 2 heterocycles. The summed E-state index contributed by atoms with van der Waals surface area (Å²) in [5.74, 6) is 0. The van der Waals surface area contributed by atoms with Gasteiger partial charge in [-0.25, -0.2) is 0 Å². The molecule has 0 nitrogen and oxygen atoms in total. The summed E-state index contributed by atoms with van der Waals surface area (Å²) in [6, 6.07) is 0. The predicted molar refractivity (Wildman–Crippen MR) is 74.1 cm³/mol. The van der Waals surface area contributed by atoms with Gasteiger partial charge in [0.2, 0.25) is 0 Å². The fourth-order valence-electron chi connectivity index (χ4n) is 1.05. The van der Waals surface area contributed by atoms with Crippen LogP contribution in [0.15, 0.2) is 28.1 Å². The molecule has 2 rings (SSSR count). The first kappa shape index (κ1) is 11.1. The molecule has 2 aliphatic rings. The van der Waals surface area contributed by atoms with Crippen molar-refractivity contribution >= 4 is 47.0 Å². The van der Waals surface area contributed by atoms with Gasteiger partial charge in [-0.1, -0.05) is 47.0 Å². The van der Waals surface area contributed by atoms with E-state index in [1.54, 1.807) is 0 Å². The molecule has 14 heavy (non-hydrogen) atoms. The number of thioether (sulfide) groups is 4. The molecule has 0 aliphatic carbocycles. The molecule has 0 aromatic rings. The van der Waals surface area contributed by atoms with Gasteiger partial charge in [0.25, 0.3) is 0 Å². The van der Waals surface area contributed by atoms with E-state index in [1.807, 2.05) is 47.0 Å². The maximum Gasteiger partial charge on any atom is 0.0699 e. The van der Waals surface area contributed by atoms with Gasteiger partial charge in [0.05, 0.1) is 8.47 Å². The lowest BCUT2D eigenvalue weighted by molar-refractivity contribution is 1.57. The van der Waals surface area contributed by atoms with E-state index in [2.05, 4.69) is 27.7 Å². The van der Waals surface area contributed by atoms with Crippen molar-refractivity contribution in [3.63, 3.8) is 0 Å². The minimum Gasteiger partial charge on any atom is -0.0849 e. The Morgan fingerprint density at radius 3 is 0.929 bits per heavy atom. The van der Waals surface area contributed by atoms with Crippen LogP contribution in [0.1, 0.15) is 27.7 Å². The molecule has 0 aromatic heterocycles. The number of allylic oxidation sites excluding steroid dienone is 4. The van der Waals surface area contributed by atoms with E-state index in [4.69, 9.17) is 0 Å². The van der Waals surface area contributed by atoms with Crippen LogP contribution >= 0.6 is 47.0 Å². The monoisotopic (exact) mass is 260 g/mol. The third kappa shape index (κ3) is 2.08. The van der Waals surface area contributed by atoms with Crippen LogP contribution in [-0.2, 0) is 0 Å². The molecule has 0 saturated heterocycles. The summed E-state index contributed by atoms with van der Waals surface area (Å²) in [5, 5.41) is 0. The average Bonchev–Trinajstić information content (AvgIpc) is 2.60. The second-order valence-corrected chi connectivity index (χ2v) is 8.62. The lowest BCUT2D eigenvalue weighted by Crippen LogP contribution is -1.66. The molecule has 0 saturated carbocycles. The Morgan fingerprint density at radius 1 is 0.500 bits per heavy atom. The lowest BCUT2D eigenvalue weighted by Gasteiger charge is -2.00. The molecule has 0 unspecified atom stereocenters. The SMILES string of the molecule is CC1=C(C)SC(=C2SC(C)=C(C)S2)S1. The summed E-state index contributed by atoms with van der Waals surface area (Å²) in [6.45, 7) is 8.83. The minimum absolute atomic E-state index is 1.46. The normalized spacial score (nSPS) is 23.1. The molecule has 0 N–H and O–H groups in total. The van der Waals surface area contributed by atoms with Gasteiger partial charge in [0.15, 0.2) is 0 Å². The Balaban J connectivity index is 2.17. The summed E-state index contributed by atoms with van der Waals surface area (Å²) >= 11 is 7.72. The molecule has 0 atom stereocenters. The smallest absolute Gasteiger partial charge is 0.0699 e. The van der Waals surface area contributed by atoms with E-state index < -0.39 is 0 Å². The van der Waals surface area contributed by atoms with Gasteiger partial charge >= 0.3 is 0 Å². The zero-order valence-corrected chi connectivity index (χ0v) is 11.9. The maximum absolute atomic E-state index is 2.21. The molecule has 0 bridgehead atoms. The first-order valence-corrected chi connectivity index (χ1v) is 7.65. The van der Waals surface area contributed by atoms with Gasteiger partial charge in [-0.15, -0.1) is 0 Å². The third-order valence-corrected chi connectivity index (χ3v) is 7.92. The average molecular weight is 260 g/mol. The number of hydrogen-bond donors (Lipinski definition) is 0. The topological polar surface area (TPSA) is 0 Å². The van der Waals surface area contributed by atoms with Gasteiger partial charge in [0.1, 0.15) is 0 Å². The largest absolute Gasteiger partial charge is 0.0849 e. The molecule has 2 aliphatic heterocycles. The molecular formula is C10H12S4. The Labute approximate surface area is 102 Å². The van der Waals surface area contributed by atoms with Crippen LogP contribution in [0.5, 0.6) is 0 Å². The zero-order chi connectivity index (χ0) is 10.3. The van der Waals surface area contributed by atoms with Crippen molar-refractivity contribution in [1.82, 2.24) is 0 Å². The van der Waals surface area contributed by atoms with Crippen LogP contribution in [0.2, 0.25) is 0 Å². The van der Waals surface area contributed by atoms with Crippen molar-refractivity contribution in [2.24, 2.45) is 0 Å². The predicted octanol–water partition coefficient (Wildman–Crippen LogP) is 5.58. The van der Waals surface area contributed by atoms with E-state index in [-0.39, 0.29) is 0 Å². The van der Waals surface area contributed by atoms with E-state index in [0.717, 1.165) is 0 Å². The van der Waals surface area contributed by atoms with Crippen molar-refractivity contribution < 1.29 is 0 Å². The molecule has 0 aromatic carbocycles. The summed E-state index contributed by atoms with van der Waals surface area (Å²) in [7, 11) is 0. The number of rotatable bonds is 0. The number of hydrogen-bond acceptors (Lipinski definition) is 4. The van der Waals surface area contributed by atoms with Gasteiger partial charge < -0.3 is 0 Å². The Kier molecular flexibility index (Phi) is 3.37. The van der Waals surface area contributed by atoms with E-state index in [9.17, 15) is 0 Å². The van der Waals surface area contributed by atoms with E-state index in [1.165, 1.54) is 28.1 Å². The first-order valence-electron chi connectivity index (χ1n) is 4.38. The highest BCUT2D eigenvalue weighted by Crippen LogP contribution is 2.59.